The van der Waals surface area contributed by atoms with Crippen molar-refractivity contribution >= 4 is 11.0 Å². The van der Waals surface area contributed by atoms with Crippen molar-refractivity contribution in [1.29, 1.82) is 0 Å². The average molecular weight is 334 g/mol. The highest BCUT2D eigenvalue weighted by Crippen LogP contribution is 2.27. The summed E-state index contributed by atoms with van der Waals surface area (Å²) in [6.45, 7) is 10.2. The molecule has 1 saturated heterocycles. The first-order valence-electron chi connectivity index (χ1n) is 9.05. The van der Waals surface area contributed by atoms with Crippen molar-refractivity contribution in [1.82, 2.24) is 19.8 Å². The molecule has 0 radical (unpaired) electrons. The van der Waals surface area contributed by atoms with Gasteiger partial charge in [0.1, 0.15) is 5.65 Å². The summed E-state index contributed by atoms with van der Waals surface area (Å²) in [5, 5.41) is 1.16. The Hall–Kier alpha value is -2.17. The number of hydrogen-bond donors (Lipinski definition) is 1. The van der Waals surface area contributed by atoms with Gasteiger partial charge in [0.2, 0.25) is 0 Å². The van der Waals surface area contributed by atoms with E-state index in [-0.39, 0.29) is 0 Å². The number of nitrogens with one attached hydrogen (secondary N) is 1. The van der Waals surface area contributed by atoms with Crippen LogP contribution in [0.3, 0.4) is 0 Å². The molecule has 0 aliphatic carbocycles. The fourth-order valence-corrected chi connectivity index (χ4v) is 3.74. The number of aryl methyl sites for hydroxylation is 2. The van der Waals surface area contributed by atoms with E-state index in [2.05, 4.69) is 64.9 Å². The molecule has 1 aliphatic rings. The number of piperazine rings is 1. The van der Waals surface area contributed by atoms with Gasteiger partial charge in [-0.15, -0.1) is 0 Å². The lowest BCUT2D eigenvalue weighted by Gasteiger charge is -2.33. The van der Waals surface area contributed by atoms with Gasteiger partial charge >= 0.3 is 0 Å². The van der Waals surface area contributed by atoms with Crippen LogP contribution in [0.1, 0.15) is 16.7 Å². The highest BCUT2D eigenvalue weighted by atomic mass is 15.2. The normalized spacial score (nSPS) is 16.6. The van der Waals surface area contributed by atoms with E-state index >= 15 is 0 Å². The zero-order chi connectivity index (χ0) is 17.4. The monoisotopic (exact) mass is 334 g/mol. The molecule has 4 heteroatoms. The van der Waals surface area contributed by atoms with Gasteiger partial charge in [-0.05, 0) is 55.3 Å². The molecular formula is C21H26N4. The second kappa shape index (κ2) is 6.62. The van der Waals surface area contributed by atoms with Crippen molar-refractivity contribution in [3.63, 3.8) is 0 Å². The third-order valence-corrected chi connectivity index (χ3v) is 5.41. The van der Waals surface area contributed by atoms with E-state index in [1.807, 2.05) is 12.4 Å². The summed E-state index contributed by atoms with van der Waals surface area (Å²) in [4.78, 5) is 12.7. The molecule has 2 aromatic heterocycles. The SMILES string of the molecule is Cc1cc(-c2cnc3[nH]ccc3c2)cc(C)c1CN1CCN(C)CC1. The number of fused-ring (bicyclic) bond motifs is 1. The summed E-state index contributed by atoms with van der Waals surface area (Å²) in [7, 11) is 2.21. The first-order chi connectivity index (χ1) is 12.1. The Morgan fingerprint density at radius 3 is 2.44 bits per heavy atom. The summed E-state index contributed by atoms with van der Waals surface area (Å²) in [6.07, 6.45) is 3.91. The van der Waals surface area contributed by atoms with Gasteiger partial charge in [0.25, 0.3) is 0 Å². The van der Waals surface area contributed by atoms with Gasteiger partial charge in [-0.1, -0.05) is 12.1 Å². The maximum absolute atomic E-state index is 4.53. The van der Waals surface area contributed by atoms with Crippen LogP contribution in [-0.4, -0.2) is 53.0 Å². The molecule has 0 bridgehead atoms. The van der Waals surface area contributed by atoms with Crippen LogP contribution in [0.25, 0.3) is 22.2 Å². The largest absolute Gasteiger partial charge is 0.346 e. The Labute approximate surface area is 149 Å². The highest BCUT2D eigenvalue weighted by Gasteiger charge is 2.16. The quantitative estimate of drug-likeness (QED) is 0.795. The number of pyridine rings is 1. The van der Waals surface area contributed by atoms with Gasteiger partial charge in [-0.25, -0.2) is 4.98 Å². The van der Waals surface area contributed by atoms with Gasteiger partial charge in [-0.2, -0.15) is 0 Å². The highest BCUT2D eigenvalue weighted by molar-refractivity contribution is 5.81. The molecule has 0 amide bonds. The number of hydrogen-bond acceptors (Lipinski definition) is 3. The van der Waals surface area contributed by atoms with E-state index in [0.29, 0.717) is 0 Å². The molecule has 130 valence electrons. The maximum atomic E-state index is 4.53. The summed E-state index contributed by atoms with van der Waals surface area (Å²) < 4.78 is 0. The van der Waals surface area contributed by atoms with Crippen molar-refractivity contribution in [2.24, 2.45) is 0 Å². The summed E-state index contributed by atoms with van der Waals surface area (Å²) in [6, 6.07) is 8.92. The number of benzene rings is 1. The fourth-order valence-electron chi connectivity index (χ4n) is 3.74. The lowest BCUT2D eigenvalue weighted by Crippen LogP contribution is -2.44. The predicted molar refractivity (Wildman–Crippen MR) is 104 cm³/mol. The molecule has 0 atom stereocenters. The van der Waals surface area contributed by atoms with E-state index in [4.69, 9.17) is 0 Å². The van der Waals surface area contributed by atoms with Crippen molar-refractivity contribution in [3.05, 3.63) is 53.3 Å². The molecule has 0 saturated carbocycles. The number of H-pyrrole nitrogens is 1. The Bertz CT molecular complexity index is 865. The zero-order valence-corrected chi connectivity index (χ0v) is 15.3. The van der Waals surface area contributed by atoms with E-state index in [1.54, 1.807) is 0 Å². The Morgan fingerprint density at radius 2 is 1.72 bits per heavy atom. The molecule has 3 aromatic rings. The Kier molecular flexibility index (Phi) is 4.32. The van der Waals surface area contributed by atoms with E-state index in [1.165, 1.54) is 40.9 Å². The standard InChI is InChI=1S/C21H26N4/c1-15-10-18(19-12-17-4-5-22-21(17)23-13-19)11-16(2)20(15)14-25-8-6-24(3)7-9-25/h4-5,10-13H,6-9,14H2,1-3H3,(H,22,23). The fraction of sp³-hybridized carbons (Fsp3) is 0.381. The molecule has 0 unspecified atom stereocenters. The second-order valence-electron chi connectivity index (χ2n) is 7.31. The molecule has 1 N–H and O–H groups in total. The van der Waals surface area contributed by atoms with E-state index < -0.39 is 0 Å². The molecular weight excluding hydrogens is 308 g/mol. The molecule has 4 rings (SSSR count). The molecule has 25 heavy (non-hydrogen) atoms. The second-order valence-corrected chi connectivity index (χ2v) is 7.31. The third-order valence-electron chi connectivity index (χ3n) is 5.41. The van der Waals surface area contributed by atoms with Crippen LogP contribution in [0, 0.1) is 13.8 Å². The van der Waals surface area contributed by atoms with E-state index in [9.17, 15) is 0 Å². The first-order valence-corrected chi connectivity index (χ1v) is 9.05. The van der Waals surface area contributed by atoms with Gasteiger partial charge in [0, 0.05) is 56.1 Å². The van der Waals surface area contributed by atoms with Gasteiger partial charge in [0.05, 0.1) is 0 Å². The third kappa shape index (κ3) is 3.32. The van der Waals surface area contributed by atoms with E-state index in [0.717, 1.165) is 30.7 Å². The molecule has 1 aliphatic heterocycles. The van der Waals surface area contributed by atoms with Gasteiger partial charge in [-0.3, -0.25) is 4.90 Å². The minimum atomic E-state index is 0.948. The van der Waals surface area contributed by atoms with Crippen LogP contribution < -0.4 is 0 Å². The number of likely N-dealkylation sites (N-methyl/N-ethyl adjacent to an activating group) is 1. The topological polar surface area (TPSA) is 35.2 Å². The Morgan fingerprint density at radius 1 is 1.00 bits per heavy atom. The smallest absolute Gasteiger partial charge is 0.137 e. The lowest BCUT2D eigenvalue weighted by molar-refractivity contribution is 0.148. The molecule has 0 spiro atoms. The minimum absolute atomic E-state index is 0.948. The predicted octanol–water partition coefficient (Wildman–Crippen LogP) is 3.59. The molecule has 3 heterocycles. The van der Waals surface area contributed by atoms with Crippen LogP contribution >= 0.6 is 0 Å². The van der Waals surface area contributed by atoms with Crippen molar-refractivity contribution < 1.29 is 0 Å². The van der Waals surface area contributed by atoms with Crippen molar-refractivity contribution in [3.8, 4) is 11.1 Å². The first kappa shape index (κ1) is 16.3. The number of aromatic amines is 1. The average Bonchev–Trinajstić information content (AvgIpc) is 3.07. The number of nitrogens with zero attached hydrogens (tertiary/aromatic N) is 3. The van der Waals surface area contributed by atoms with Gasteiger partial charge in [0.15, 0.2) is 0 Å². The summed E-state index contributed by atoms with van der Waals surface area (Å²) >= 11 is 0. The van der Waals surface area contributed by atoms with Gasteiger partial charge < -0.3 is 9.88 Å². The summed E-state index contributed by atoms with van der Waals surface area (Å²) in [5.41, 5.74) is 7.62. The van der Waals surface area contributed by atoms with Crippen LogP contribution in [0.4, 0.5) is 0 Å². The van der Waals surface area contributed by atoms with Crippen molar-refractivity contribution in [2.45, 2.75) is 20.4 Å². The number of aromatic nitrogens is 2. The van der Waals surface area contributed by atoms with Crippen molar-refractivity contribution in [2.75, 3.05) is 33.2 Å². The van der Waals surface area contributed by atoms with Crippen LogP contribution in [0.2, 0.25) is 0 Å². The molecule has 1 fully saturated rings. The number of rotatable bonds is 3. The molecule has 4 nitrogen and oxygen atoms in total. The lowest BCUT2D eigenvalue weighted by atomic mass is 9.95. The summed E-state index contributed by atoms with van der Waals surface area (Å²) in [5.74, 6) is 0. The Balaban J connectivity index is 1.61. The zero-order valence-electron chi connectivity index (χ0n) is 15.3. The maximum Gasteiger partial charge on any atom is 0.137 e. The minimum Gasteiger partial charge on any atom is -0.346 e. The van der Waals surface area contributed by atoms with Crippen LogP contribution in [-0.2, 0) is 6.54 Å². The van der Waals surface area contributed by atoms with Crippen LogP contribution in [0.15, 0.2) is 36.7 Å². The van der Waals surface area contributed by atoms with Crippen LogP contribution in [0.5, 0.6) is 0 Å². The molecule has 1 aromatic carbocycles.